The zero-order valence-electron chi connectivity index (χ0n) is 20.7. The maximum Gasteiger partial charge on any atom is 0.272 e. The fraction of sp³-hybridized carbons (Fsp3) is 0.345. The normalized spacial score (nSPS) is 18.0. The summed E-state index contributed by atoms with van der Waals surface area (Å²) in [4.78, 5) is 41.2. The summed E-state index contributed by atoms with van der Waals surface area (Å²) in [6, 6.07) is 16.1. The van der Waals surface area contributed by atoms with Crippen molar-refractivity contribution in [1.82, 2.24) is 5.32 Å². The van der Waals surface area contributed by atoms with Gasteiger partial charge in [0.1, 0.15) is 12.4 Å². The summed E-state index contributed by atoms with van der Waals surface area (Å²) in [5.74, 6) is 0.465. The molecule has 0 unspecified atom stereocenters. The Labute approximate surface area is 215 Å². The molecule has 5 rings (SSSR count). The molecule has 3 aromatic rings. The zero-order chi connectivity index (χ0) is 25.8. The second kappa shape index (κ2) is 10.9. The number of hydrogen-bond donors (Lipinski definition) is 1. The van der Waals surface area contributed by atoms with Crippen LogP contribution < -0.4 is 19.7 Å². The molecule has 2 aromatic carbocycles. The molecule has 8 nitrogen and oxygen atoms in total. The number of nitrogens with zero attached hydrogens (tertiary/aromatic N) is 1. The van der Waals surface area contributed by atoms with Crippen molar-refractivity contribution in [2.75, 3.05) is 11.5 Å². The van der Waals surface area contributed by atoms with Crippen LogP contribution in [0, 0.1) is 0 Å². The van der Waals surface area contributed by atoms with E-state index in [2.05, 4.69) is 5.32 Å². The summed E-state index contributed by atoms with van der Waals surface area (Å²) in [7, 11) is 0. The van der Waals surface area contributed by atoms with Crippen LogP contribution in [0.2, 0.25) is 0 Å². The highest BCUT2D eigenvalue weighted by Crippen LogP contribution is 2.35. The first kappa shape index (κ1) is 24.6. The standard InChI is InChI=1S/C29H30N2O6/c1-19(32)20-13-15-22(16-14-20)31(29(34)26-18-36-23-10-5-6-11-24(23)37-26)27(25-12-7-17-35-25)28(33)30-21-8-3-2-4-9-21/h5-7,10-17,21,26-27H,2-4,8-9,18H2,1H3,(H,30,33)/t26-,27+/m0/s1. The number of furan rings is 1. The van der Waals surface area contributed by atoms with Crippen molar-refractivity contribution in [3.8, 4) is 11.5 Å². The number of hydrogen-bond acceptors (Lipinski definition) is 6. The third-order valence-electron chi connectivity index (χ3n) is 6.84. The lowest BCUT2D eigenvalue weighted by molar-refractivity contribution is -0.132. The summed E-state index contributed by atoms with van der Waals surface area (Å²) < 4.78 is 17.5. The van der Waals surface area contributed by atoms with Crippen LogP contribution in [0.5, 0.6) is 11.5 Å². The molecule has 0 saturated heterocycles. The maximum atomic E-state index is 14.1. The Hall–Kier alpha value is -4.07. The Kier molecular flexibility index (Phi) is 7.25. The van der Waals surface area contributed by atoms with Gasteiger partial charge in [0.2, 0.25) is 6.10 Å². The minimum absolute atomic E-state index is 0.00695. The molecule has 2 heterocycles. The van der Waals surface area contributed by atoms with Crippen LogP contribution in [0.25, 0.3) is 0 Å². The highest BCUT2D eigenvalue weighted by Gasteiger charge is 2.41. The average molecular weight is 503 g/mol. The number of ketones is 1. The molecule has 1 fully saturated rings. The largest absolute Gasteiger partial charge is 0.485 e. The molecular formula is C29H30N2O6. The van der Waals surface area contributed by atoms with Crippen molar-refractivity contribution in [2.45, 2.75) is 57.2 Å². The van der Waals surface area contributed by atoms with E-state index in [4.69, 9.17) is 13.9 Å². The second-order valence-electron chi connectivity index (χ2n) is 9.44. The summed E-state index contributed by atoms with van der Waals surface area (Å²) >= 11 is 0. The molecule has 2 aliphatic rings. The van der Waals surface area contributed by atoms with Crippen molar-refractivity contribution >= 4 is 23.3 Å². The Bertz CT molecular complexity index is 1250. The summed E-state index contributed by atoms with van der Waals surface area (Å²) in [6.45, 7) is 1.47. The third kappa shape index (κ3) is 5.38. The predicted octanol–water partition coefficient (Wildman–Crippen LogP) is 4.85. The van der Waals surface area contributed by atoms with E-state index in [9.17, 15) is 14.4 Å². The molecule has 0 radical (unpaired) electrons. The second-order valence-corrected chi connectivity index (χ2v) is 9.44. The van der Waals surface area contributed by atoms with Crippen molar-refractivity contribution in [2.24, 2.45) is 0 Å². The number of benzene rings is 2. The summed E-state index contributed by atoms with van der Waals surface area (Å²) in [5, 5.41) is 3.14. The molecule has 1 N–H and O–H groups in total. The number of Topliss-reactive ketones (excluding diaryl/α,β-unsaturated/α-hetero) is 1. The van der Waals surface area contributed by atoms with Crippen LogP contribution in [0.4, 0.5) is 5.69 Å². The zero-order valence-corrected chi connectivity index (χ0v) is 20.7. The molecular weight excluding hydrogens is 472 g/mol. The average Bonchev–Trinajstić information content (AvgIpc) is 3.46. The van der Waals surface area contributed by atoms with Crippen molar-refractivity contribution < 1.29 is 28.3 Å². The molecule has 8 heteroatoms. The number of para-hydroxylation sites is 2. The van der Waals surface area contributed by atoms with Crippen LogP contribution >= 0.6 is 0 Å². The molecule has 0 spiro atoms. The van der Waals surface area contributed by atoms with Crippen LogP contribution in [0.15, 0.2) is 71.3 Å². The van der Waals surface area contributed by atoms with E-state index in [0.717, 1.165) is 32.1 Å². The van der Waals surface area contributed by atoms with Gasteiger partial charge in [0.25, 0.3) is 11.8 Å². The lowest BCUT2D eigenvalue weighted by Crippen LogP contribution is -2.52. The van der Waals surface area contributed by atoms with Gasteiger partial charge in [0, 0.05) is 17.3 Å². The first-order valence-corrected chi connectivity index (χ1v) is 12.7. The summed E-state index contributed by atoms with van der Waals surface area (Å²) in [5.41, 5.74) is 0.946. The van der Waals surface area contributed by atoms with Crippen LogP contribution in [0.1, 0.15) is 61.2 Å². The van der Waals surface area contributed by atoms with Gasteiger partial charge in [-0.15, -0.1) is 0 Å². The van der Waals surface area contributed by atoms with Crippen molar-refractivity contribution in [1.29, 1.82) is 0 Å². The van der Waals surface area contributed by atoms with Gasteiger partial charge in [-0.25, -0.2) is 0 Å². The SMILES string of the molecule is CC(=O)c1ccc(N(C(=O)[C@@H]2COc3ccccc3O2)[C@@H](C(=O)NC2CCCCC2)c2ccco2)cc1. The topological polar surface area (TPSA) is 98.1 Å². The van der Waals surface area contributed by atoms with Gasteiger partial charge >= 0.3 is 0 Å². The number of amides is 2. The Morgan fingerprint density at radius 3 is 2.32 bits per heavy atom. The number of carbonyl (C=O) groups excluding carboxylic acids is 3. The fourth-order valence-electron chi connectivity index (χ4n) is 4.90. The smallest absolute Gasteiger partial charge is 0.272 e. The minimum Gasteiger partial charge on any atom is -0.485 e. The van der Waals surface area contributed by atoms with E-state index in [1.807, 2.05) is 6.07 Å². The molecule has 2 amide bonds. The first-order valence-electron chi connectivity index (χ1n) is 12.7. The predicted molar refractivity (Wildman–Crippen MR) is 137 cm³/mol. The minimum atomic E-state index is -1.08. The van der Waals surface area contributed by atoms with E-state index in [1.165, 1.54) is 18.1 Å². The molecule has 1 aliphatic heterocycles. The van der Waals surface area contributed by atoms with Crippen LogP contribution in [0.3, 0.4) is 0 Å². The maximum absolute atomic E-state index is 14.1. The van der Waals surface area contributed by atoms with E-state index >= 15 is 0 Å². The van der Waals surface area contributed by atoms with Crippen molar-refractivity contribution in [3.05, 3.63) is 78.3 Å². The molecule has 0 bridgehead atoms. The fourth-order valence-corrected chi connectivity index (χ4v) is 4.90. The van der Waals surface area contributed by atoms with Gasteiger partial charge in [-0.05, 0) is 68.3 Å². The number of nitrogens with one attached hydrogen (secondary N) is 1. The number of fused-ring (bicyclic) bond motifs is 1. The van der Waals surface area contributed by atoms with Crippen molar-refractivity contribution in [3.63, 3.8) is 0 Å². The number of rotatable bonds is 7. The quantitative estimate of drug-likeness (QED) is 0.464. The molecule has 192 valence electrons. The molecule has 1 aliphatic carbocycles. The Morgan fingerprint density at radius 2 is 1.65 bits per heavy atom. The number of ether oxygens (including phenoxy) is 2. The third-order valence-corrected chi connectivity index (χ3v) is 6.84. The molecule has 1 saturated carbocycles. The van der Waals surface area contributed by atoms with E-state index in [-0.39, 0.29) is 24.3 Å². The van der Waals surface area contributed by atoms with Gasteiger partial charge < -0.3 is 19.2 Å². The highest BCUT2D eigenvalue weighted by atomic mass is 16.6. The molecule has 1 aromatic heterocycles. The highest BCUT2D eigenvalue weighted by molar-refractivity contribution is 6.04. The monoisotopic (exact) mass is 502 g/mol. The van der Waals surface area contributed by atoms with Gasteiger partial charge in [-0.1, -0.05) is 31.4 Å². The summed E-state index contributed by atoms with van der Waals surface area (Å²) in [6.07, 6.45) is 5.55. The first-order chi connectivity index (χ1) is 18.0. The number of carbonyl (C=O) groups is 3. The van der Waals surface area contributed by atoms with Gasteiger partial charge in [-0.2, -0.15) is 0 Å². The van der Waals surface area contributed by atoms with Gasteiger partial charge in [0.15, 0.2) is 23.3 Å². The van der Waals surface area contributed by atoms with E-state index in [1.54, 1.807) is 54.6 Å². The Morgan fingerprint density at radius 1 is 0.919 bits per heavy atom. The van der Waals surface area contributed by atoms with Crippen LogP contribution in [-0.2, 0) is 9.59 Å². The van der Waals surface area contributed by atoms with E-state index in [0.29, 0.717) is 28.5 Å². The lowest BCUT2D eigenvalue weighted by Gasteiger charge is -2.35. The molecule has 37 heavy (non-hydrogen) atoms. The lowest BCUT2D eigenvalue weighted by atomic mass is 9.95. The van der Waals surface area contributed by atoms with Gasteiger partial charge in [-0.3, -0.25) is 19.3 Å². The van der Waals surface area contributed by atoms with E-state index < -0.39 is 18.1 Å². The molecule has 2 atom stereocenters. The van der Waals surface area contributed by atoms with Gasteiger partial charge in [0.05, 0.1) is 6.26 Å². The Balaban J connectivity index is 1.52. The number of anilines is 1. The van der Waals surface area contributed by atoms with Crippen LogP contribution in [-0.4, -0.2) is 36.4 Å².